The van der Waals surface area contributed by atoms with E-state index in [1.165, 1.54) is 0 Å². The van der Waals surface area contributed by atoms with Crippen LogP contribution in [0.2, 0.25) is 0 Å². The summed E-state index contributed by atoms with van der Waals surface area (Å²) in [4.78, 5) is 14.0. The number of aromatic nitrogens is 2. The second-order valence-corrected chi connectivity index (χ2v) is 6.10. The second-order valence-electron chi connectivity index (χ2n) is 5.15. The molecule has 0 amide bonds. The maximum Gasteiger partial charge on any atom is 0.236 e. The van der Waals surface area contributed by atoms with Gasteiger partial charge in [-0.25, -0.2) is 9.97 Å². The average molecular weight is 473 g/mol. The standard InChI is InChI=1S/C16H19N5O2S.HI/c1-10-11(2)23-14(20-10)8-19-16(17-3)18-7-12-9-22-15(21-12)13-5-4-6-24-13;/h4-6,9H,7-8H2,1-3H3,(H2,17,18,19);1H. The van der Waals surface area contributed by atoms with E-state index in [1.54, 1.807) is 24.6 Å². The molecule has 0 aliphatic carbocycles. The Bertz CT molecular complexity index is 806. The van der Waals surface area contributed by atoms with E-state index in [4.69, 9.17) is 8.83 Å². The van der Waals surface area contributed by atoms with Gasteiger partial charge >= 0.3 is 0 Å². The van der Waals surface area contributed by atoms with Crippen LogP contribution in [-0.2, 0) is 13.1 Å². The highest BCUT2D eigenvalue weighted by molar-refractivity contribution is 14.0. The van der Waals surface area contributed by atoms with Crippen LogP contribution in [0.1, 0.15) is 23.0 Å². The molecular formula is C16H20IN5O2S. The Labute approximate surface area is 167 Å². The summed E-state index contributed by atoms with van der Waals surface area (Å²) in [6, 6.07) is 3.95. The molecule has 134 valence electrons. The van der Waals surface area contributed by atoms with Crippen molar-refractivity contribution in [3.63, 3.8) is 0 Å². The quantitative estimate of drug-likeness (QED) is 0.335. The average Bonchev–Trinajstić information content (AvgIpc) is 3.30. The topological polar surface area (TPSA) is 88.5 Å². The lowest BCUT2D eigenvalue weighted by atomic mass is 10.4. The molecule has 25 heavy (non-hydrogen) atoms. The summed E-state index contributed by atoms with van der Waals surface area (Å²) in [5.41, 5.74) is 1.71. The molecule has 3 rings (SSSR count). The highest BCUT2D eigenvalue weighted by atomic mass is 127. The van der Waals surface area contributed by atoms with Gasteiger partial charge in [0.05, 0.1) is 29.4 Å². The second kappa shape index (κ2) is 8.99. The van der Waals surface area contributed by atoms with Crippen molar-refractivity contribution in [2.75, 3.05) is 7.05 Å². The number of thiophene rings is 1. The van der Waals surface area contributed by atoms with Crippen LogP contribution in [0.15, 0.2) is 37.6 Å². The fourth-order valence-electron chi connectivity index (χ4n) is 2.07. The molecule has 0 atom stereocenters. The Morgan fingerprint density at radius 2 is 2.04 bits per heavy atom. The van der Waals surface area contributed by atoms with Crippen molar-refractivity contribution in [2.24, 2.45) is 4.99 Å². The monoisotopic (exact) mass is 473 g/mol. The Morgan fingerprint density at radius 1 is 1.24 bits per heavy atom. The highest BCUT2D eigenvalue weighted by Crippen LogP contribution is 2.23. The zero-order chi connectivity index (χ0) is 16.9. The molecule has 0 saturated carbocycles. The Hall–Kier alpha value is -1.88. The lowest BCUT2D eigenvalue weighted by molar-refractivity contribution is 0.463. The molecule has 3 heterocycles. The molecular weight excluding hydrogens is 453 g/mol. The molecule has 0 aromatic carbocycles. The van der Waals surface area contributed by atoms with Crippen LogP contribution in [-0.4, -0.2) is 23.0 Å². The molecule has 9 heteroatoms. The van der Waals surface area contributed by atoms with Gasteiger partial charge in [0.15, 0.2) is 5.96 Å². The molecule has 0 radical (unpaired) electrons. The molecule has 3 aromatic heterocycles. The summed E-state index contributed by atoms with van der Waals surface area (Å²) in [7, 11) is 1.71. The summed E-state index contributed by atoms with van der Waals surface area (Å²) in [6.45, 7) is 4.80. The van der Waals surface area contributed by atoms with E-state index in [2.05, 4.69) is 25.6 Å². The van der Waals surface area contributed by atoms with Crippen molar-refractivity contribution in [2.45, 2.75) is 26.9 Å². The molecule has 0 saturated heterocycles. The number of nitrogens with zero attached hydrogens (tertiary/aromatic N) is 3. The number of oxazole rings is 2. The number of halogens is 1. The van der Waals surface area contributed by atoms with Gasteiger partial charge in [0, 0.05) is 7.05 Å². The number of aliphatic imine (C=N–C) groups is 1. The summed E-state index contributed by atoms with van der Waals surface area (Å²) in [5.74, 6) is 2.74. The number of hydrogen-bond donors (Lipinski definition) is 2. The van der Waals surface area contributed by atoms with E-state index in [-0.39, 0.29) is 24.0 Å². The predicted octanol–water partition coefficient (Wildman–Crippen LogP) is 3.49. The maximum atomic E-state index is 5.53. The van der Waals surface area contributed by atoms with Crippen LogP contribution in [0.4, 0.5) is 0 Å². The van der Waals surface area contributed by atoms with Gasteiger partial charge in [-0.2, -0.15) is 0 Å². The summed E-state index contributed by atoms with van der Waals surface area (Å²) in [6.07, 6.45) is 1.65. The summed E-state index contributed by atoms with van der Waals surface area (Å²) >= 11 is 1.60. The SMILES string of the molecule is CN=C(NCc1coc(-c2cccs2)n1)NCc1nc(C)c(C)o1.I. The highest BCUT2D eigenvalue weighted by Gasteiger charge is 2.09. The first kappa shape index (κ1) is 19.4. The summed E-state index contributed by atoms with van der Waals surface area (Å²) in [5, 5.41) is 8.34. The first-order valence-electron chi connectivity index (χ1n) is 7.51. The van der Waals surface area contributed by atoms with E-state index in [9.17, 15) is 0 Å². The minimum Gasteiger partial charge on any atom is -0.444 e. The van der Waals surface area contributed by atoms with Gasteiger partial charge in [-0.3, -0.25) is 4.99 Å². The van der Waals surface area contributed by atoms with Gasteiger partial charge < -0.3 is 19.5 Å². The normalized spacial score (nSPS) is 11.2. The molecule has 2 N–H and O–H groups in total. The minimum absolute atomic E-state index is 0. The first-order valence-corrected chi connectivity index (χ1v) is 8.39. The molecule has 0 fully saturated rings. The van der Waals surface area contributed by atoms with Gasteiger partial charge in [-0.15, -0.1) is 35.3 Å². The lowest BCUT2D eigenvalue weighted by Crippen LogP contribution is -2.36. The van der Waals surface area contributed by atoms with Gasteiger partial charge in [0.1, 0.15) is 12.0 Å². The van der Waals surface area contributed by atoms with Crippen LogP contribution in [0.5, 0.6) is 0 Å². The van der Waals surface area contributed by atoms with E-state index < -0.39 is 0 Å². The van der Waals surface area contributed by atoms with Gasteiger partial charge in [-0.05, 0) is 25.3 Å². The minimum atomic E-state index is 0. The molecule has 0 aliphatic rings. The van der Waals surface area contributed by atoms with Crippen molar-refractivity contribution >= 4 is 41.3 Å². The molecule has 3 aromatic rings. The summed E-state index contributed by atoms with van der Waals surface area (Å²) < 4.78 is 11.0. The molecule has 0 spiro atoms. The van der Waals surface area contributed by atoms with Crippen LogP contribution >= 0.6 is 35.3 Å². The van der Waals surface area contributed by atoms with Gasteiger partial charge in [0.2, 0.25) is 11.8 Å². The largest absolute Gasteiger partial charge is 0.444 e. The van der Waals surface area contributed by atoms with Crippen LogP contribution in [0.3, 0.4) is 0 Å². The smallest absolute Gasteiger partial charge is 0.236 e. The Balaban J connectivity index is 0.00000225. The molecule has 0 bridgehead atoms. The van der Waals surface area contributed by atoms with Gasteiger partial charge in [0.25, 0.3) is 0 Å². The zero-order valence-corrected chi connectivity index (χ0v) is 17.3. The van der Waals surface area contributed by atoms with Crippen LogP contribution < -0.4 is 10.6 Å². The number of hydrogen-bond acceptors (Lipinski definition) is 6. The maximum absolute atomic E-state index is 5.53. The van der Waals surface area contributed by atoms with Crippen molar-refractivity contribution in [1.29, 1.82) is 0 Å². The van der Waals surface area contributed by atoms with Crippen LogP contribution in [0.25, 0.3) is 10.8 Å². The van der Waals surface area contributed by atoms with E-state index in [0.29, 0.717) is 30.8 Å². The first-order chi connectivity index (χ1) is 11.7. The molecule has 0 aliphatic heterocycles. The number of nitrogens with one attached hydrogen (secondary N) is 2. The number of guanidine groups is 1. The number of aryl methyl sites for hydroxylation is 2. The van der Waals surface area contributed by atoms with Crippen molar-refractivity contribution < 1.29 is 8.83 Å². The fraction of sp³-hybridized carbons (Fsp3) is 0.312. The van der Waals surface area contributed by atoms with E-state index >= 15 is 0 Å². The zero-order valence-electron chi connectivity index (χ0n) is 14.2. The van der Waals surface area contributed by atoms with Crippen molar-refractivity contribution in [1.82, 2.24) is 20.6 Å². The number of rotatable bonds is 5. The van der Waals surface area contributed by atoms with Crippen molar-refractivity contribution in [3.05, 3.63) is 46.8 Å². The van der Waals surface area contributed by atoms with Gasteiger partial charge in [-0.1, -0.05) is 6.07 Å². The molecule has 0 unspecified atom stereocenters. The van der Waals surface area contributed by atoms with Crippen molar-refractivity contribution in [3.8, 4) is 10.8 Å². The van der Waals surface area contributed by atoms with Crippen LogP contribution in [0, 0.1) is 13.8 Å². The third-order valence-electron chi connectivity index (χ3n) is 3.42. The van der Waals surface area contributed by atoms with E-state index in [0.717, 1.165) is 22.0 Å². The third-order valence-corrected chi connectivity index (χ3v) is 4.28. The third kappa shape index (κ3) is 5.05. The fourth-order valence-corrected chi connectivity index (χ4v) is 2.73. The lowest BCUT2D eigenvalue weighted by Gasteiger charge is -2.08. The molecule has 7 nitrogen and oxygen atoms in total. The Morgan fingerprint density at radius 3 is 2.68 bits per heavy atom. The predicted molar refractivity (Wildman–Crippen MR) is 108 cm³/mol. The Kier molecular flexibility index (Phi) is 7.00. The van der Waals surface area contributed by atoms with E-state index in [1.807, 2.05) is 31.4 Å².